The zero-order valence-electron chi connectivity index (χ0n) is 18.5. The van der Waals surface area contributed by atoms with Gasteiger partial charge in [0.15, 0.2) is 5.76 Å². The molecule has 1 aromatic heterocycles. The number of rotatable bonds is 6. The van der Waals surface area contributed by atoms with Crippen molar-refractivity contribution >= 4 is 16.5 Å². The molecule has 3 heteroatoms. The van der Waals surface area contributed by atoms with Gasteiger partial charge in [0.05, 0.1) is 0 Å². The fraction of sp³-hybridized carbons (Fsp3) is 0.138. The van der Waals surface area contributed by atoms with Crippen molar-refractivity contribution in [2.45, 2.75) is 13.8 Å². The maximum atomic E-state index is 6.42. The van der Waals surface area contributed by atoms with Crippen LogP contribution in [0.5, 0.6) is 0 Å². The summed E-state index contributed by atoms with van der Waals surface area (Å²) < 4.78 is 6.42. The third kappa shape index (κ3) is 3.67. The van der Waals surface area contributed by atoms with E-state index in [1.54, 1.807) is 0 Å². The van der Waals surface area contributed by atoms with Gasteiger partial charge in [-0.2, -0.15) is 0 Å². The molecule has 0 aliphatic heterocycles. The van der Waals surface area contributed by atoms with Gasteiger partial charge >= 0.3 is 0 Å². The van der Waals surface area contributed by atoms with Crippen molar-refractivity contribution < 1.29 is 4.42 Å². The first-order valence-electron chi connectivity index (χ1n) is 11.2. The summed E-state index contributed by atoms with van der Waals surface area (Å²) in [7, 11) is 0. The van der Waals surface area contributed by atoms with Crippen LogP contribution in [0.4, 0.5) is 5.69 Å². The van der Waals surface area contributed by atoms with Gasteiger partial charge in [0, 0.05) is 35.5 Å². The van der Waals surface area contributed by atoms with Crippen LogP contribution in [-0.2, 0) is 0 Å². The molecule has 0 atom stereocenters. The minimum atomic E-state index is 0.637. The van der Waals surface area contributed by atoms with Crippen molar-refractivity contribution in [3.63, 3.8) is 0 Å². The molecule has 4 aromatic carbocycles. The summed E-state index contributed by atoms with van der Waals surface area (Å²) in [4.78, 5) is 7.34. The third-order valence-electron chi connectivity index (χ3n) is 5.95. The van der Waals surface area contributed by atoms with Gasteiger partial charge in [0.1, 0.15) is 5.69 Å². The second-order valence-electron chi connectivity index (χ2n) is 7.81. The minimum Gasteiger partial charge on any atom is -0.435 e. The number of fused-ring (bicyclic) bond motifs is 1. The molecule has 3 nitrogen and oxygen atoms in total. The number of nitrogens with zero attached hydrogens (tertiary/aromatic N) is 2. The molecule has 0 fully saturated rings. The Morgan fingerprint density at radius 2 is 1.38 bits per heavy atom. The molecule has 0 aliphatic carbocycles. The molecule has 1 heterocycles. The van der Waals surface area contributed by atoms with Gasteiger partial charge < -0.3 is 9.32 Å². The smallest absolute Gasteiger partial charge is 0.227 e. The minimum absolute atomic E-state index is 0.637. The Bertz CT molecular complexity index is 1330. The molecule has 158 valence electrons. The molecular formula is C29H26N2O. The Labute approximate surface area is 189 Å². The lowest BCUT2D eigenvalue weighted by Crippen LogP contribution is -2.21. The van der Waals surface area contributed by atoms with Gasteiger partial charge in [0.2, 0.25) is 5.89 Å². The monoisotopic (exact) mass is 418 g/mol. The Hall–Kier alpha value is -3.85. The molecule has 5 aromatic rings. The van der Waals surface area contributed by atoms with Crippen LogP contribution in [0.2, 0.25) is 0 Å². The number of hydrogen-bond donors (Lipinski definition) is 0. The van der Waals surface area contributed by atoms with Crippen LogP contribution in [-0.4, -0.2) is 18.1 Å². The largest absolute Gasteiger partial charge is 0.435 e. The number of oxazole rings is 1. The molecule has 0 unspecified atom stereocenters. The standard InChI is InChI=1S/C29H26N2O/c1-3-31(4-2)24-19-17-23(18-20-24)29-30-27(28(32-29)22-12-6-5-7-13-22)26-16-10-14-21-11-8-9-15-25(21)26/h5-20H,3-4H2,1-2H3. The van der Waals surface area contributed by atoms with E-state index in [0.717, 1.165) is 41.2 Å². The zero-order chi connectivity index (χ0) is 21.9. The molecular weight excluding hydrogens is 392 g/mol. The molecule has 5 rings (SSSR count). The van der Waals surface area contributed by atoms with E-state index in [1.165, 1.54) is 16.5 Å². The third-order valence-corrected chi connectivity index (χ3v) is 5.95. The predicted molar refractivity (Wildman–Crippen MR) is 134 cm³/mol. The lowest BCUT2D eigenvalue weighted by Gasteiger charge is -2.20. The molecule has 0 bridgehead atoms. The highest BCUT2D eigenvalue weighted by molar-refractivity contribution is 5.98. The van der Waals surface area contributed by atoms with Crippen LogP contribution in [0, 0.1) is 0 Å². The molecule has 0 N–H and O–H groups in total. The fourth-order valence-electron chi connectivity index (χ4n) is 4.25. The summed E-state index contributed by atoms with van der Waals surface area (Å²) in [5.74, 6) is 1.43. The van der Waals surface area contributed by atoms with Gasteiger partial charge in [-0.3, -0.25) is 0 Å². The lowest BCUT2D eigenvalue weighted by atomic mass is 9.99. The van der Waals surface area contributed by atoms with Crippen LogP contribution in [0.3, 0.4) is 0 Å². The van der Waals surface area contributed by atoms with Crippen LogP contribution >= 0.6 is 0 Å². The van der Waals surface area contributed by atoms with Crippen molar-refractivity contribution in [1.29, 1.82) is 0 Å². The molecule has 32 heavy (non-hydrogen) atoms. The quantitative estimate of drug-likeness (QED) is 0.283. The average molecular weight is 419 g/mol. The van der Waals surface area contributed by atoms with Crippen LogP contribution < -0.4 is 4.90 Å². The van der Waals surface area contributed by atoms with E-state index >= 15 is 0 Å². The molecule has 0 saturated carbocycles. The molecule has 0 aliphatic rings. The van der Waals surface area contributed by atoms with Crippen molar-refractivity contribution in [2.24, 2.45) is 0 Å². The predicted octanol–water partition coefficient (Wildman–Crippen LogP) is 7.68. The van der Waals surface area contributed by atoms with Crippen molar-refractivity contribution in [1.82, 2.24) is 4.98 Å². The van der Waals surface area contributed by atoms with E-state index in [9.17, 15) is 0 Å². The highest BCUT2D eigenvalue weighted by atomic mass is 16.4. The zero-order valence-corrected chi connectivity index (χ0v) is 18.5. The summed E-state index contributed by atoms with van der Waals surface area (Å²) in [5, 5.41) is 2.36. The van der Waals surface area contributed by atoms with E-state index in [2.05, 4.69) is 97.6 Å². The van der Waals surface area contributed by atoms with E-state index in [4.69, 9.17) is 9.40 Å². The first kappa shape index (κ1) is 20.1. The molecule has 0 spiro atoms. The van der Waals surface area contributed by atoms with Gasteiger partial charge in [0.25, 0.3) is 0 Å². The normalized spacial score (nSPS) is 11.1. The SMILES string of the molecule is CCN(CC)c1ccc(-c2nc(-c3cccc4ccccc34)c(-c3ccccc3)o2)cc1. The van der Waals surface area contributed by atoms with Gasteiger partial charge in [-0.15, -0.1) is 0 Å². The summed E-state index contributed by atoms with van der Waals surface area (Å²) >= 11 is 0. The van der Waals surface area contributed by atoms with Crippen molar-refractivity contribution in [3.8, 4) is 34.0 Å². The van der Waals surface area contributed by atoms with Crippen LogP contribution in [0.1, 0.15) is 13.8 Å². The number of benzene rings is 4. The Balaban J connectivity index is 1.66. The molecule has 0 amide bonds. The van der Waals surface area contributed by atoms with Crippen LogP contribution in [0.15, 0.2) is 101 Å². The van der Waals surface area contributed by atoms with Gasteiger partial charge in [-0.1, -0.05) is 72.8 Å². The van der Waals surface area contributed by atoms with E-state index < -0.39 is 0 Å². The topological polar surface area (TPSA) is 29.3 Å². The van der Waals surface area contributed by atoms with E-state index in [-0.39, 0.29) is 0 Å². The summed E-state index contributed by atoms with van der Waals surface area (Å²) in [6.45, 7) is 6.32. The Morgan fingerprint density at radius 1 is 0.688 bits per heavy atom. The molecule has 0 saturated heterocycles. The van der Waals surface area contributed by atoms with E-state index in [0.29, 0.717) is 5.89 Å². The lowest BCUT2D eigenvalue weighted by molar-refractivity contribution is 0.589. The van der Waals surface area contributed by atoms with Crippen LogP contribution in [0.25, 0.3) is 44.8 Å². The summed E-state index contributed by atoms with van der Waals surface area (Å²) in [6, 6.07) is 33.5. The maximum absolute atomic E-state index is 6.42. The number of hydrogen-bond acceptors (Lipinski definition) is 3. The van der Waals surface area contributed by atoms with Crippen molar-refractivity contribution in [2.75, 3.05) is 18.0 Å². The molecule has 0 radical (unpaired) electrons. The Morgan fingerprint density at radius 3 is 2.12 bits per heavy atom. The van der Waals surface area contributed by atoms with Gasteiger partial charge in [-0.25, -0.2) is 4.98 Å². The maximum Gasteiger partial charge on any atom is 0.227 e. The first-order chi connectivity index (χ1) is 15.8. The number of anilines is 1. The average Bonchev–Trinajstić information content (AvgIpc) is 3.31. The summed E-state index contributed by atoms with van der Waals surface area (Å²) in [6.07, 6.45) is 0. The van der Waals surface area contributed by atoms with E-state index in [1.807, 2.05) is 18.2 Å². The fourth-order valence-corrected chi connectivity index (χ4v) is 4.25. The first-order valence-corrected chi connectivity index (χ1v) is 11.2. The second kappa shape index (κ2) is 8.72. The summed E-state index contributed by atoms with van der Waals surface area (Å²) in [5.41, 5.74) is 5.16. The highest BCUT2D eigenvalue weighted by Crippen LogP contribution is 2.39. The number of aromatic nitrogens is 1. The second-order valence-corrected chi connectivity index (χ2v) is 7.81. The highest BCUT2D eigenvalue weighted by Gasteiger charge is 2.19. The Kier molecular flexibility index (Phi) is 5.47. The van der Waals surface area contributed by atoms with Gasteiger partial charge in [-0.05, 0) is 48.9 Å². The van der Waals surface area contributed by atoms with Crippen molar-refractivity contribution in [3.05, 3.63) is 97.1 Å².